The Kier molecular flexibility index (Phi) is 4.37. The van der Waals surface area contributed by atoms with Crippen LogP contribution in [-0.2, 0) is 23.6 Å². The van der Waals surface area contributed by atoms with Crippen LogP contribution < -0.4 is 10.6 Å². The van der Waals surface area contributed by atoms with E-state index in [-0.39, 0.29) is 18.1 Å². The fraction of sp³-hybridized carbons (Fsp3) is 0.462. The van der Waals surface area contributed by atoms with E-state index in [9.17, 15) is 31.1 Å². The maximum absolute atomic E-state index is 12.7. The summed E-state index contributed by atoms with van der Waals surface area (Å²) in [6, 6.07) is 0.494. The summed E-state index contributed by atoms with van der Waals surface area (Å²) in [7, 11) is 0. The van der Waals surface area contributed by atoms with Crippen molar-refractivity contribution in [2.24, 2.45) is 0 Å². The lowest BCUT2D eigenvalue weighted by Crippen LogP contribution is -2.53. The van der Waals surface area contributed by atoms with Crippen molar-refractivity contribution in [1.82, 2.24) is 10.6 Å². The number of carbonyl (C=O) groups excluding carboxylic acids is 1. The van der Waals surface area contributed by atoms with Gasteiger partial charge in [-0.3, -0.25) is 4.79 Å². The summed E-state index contributed by atoms with van der Waals surface area (Å²) in [5, 5.41) is 5.26. The molecule has 1 heterocycles. The second-order valence-corrected chi connectivity index (χ2v) is 4.92. The first-order valence-electron chi connectivity index (χ1n) is 6.37. The number of piperazine rings is 1. The molecule has 1 saturated heterocycles. The highest BCUT2D eigenvalue weighted by molar-refractivity contribution is 5.82. The number of amides is 1. The van der Waals surface area contributed by atoms with E-state index in [0.717, 1.165) is 0 Å². The highest BCUT2D eigenvalue weighted by atomic mass is 19.4. The van der Waals surface area contributed by atoms with Gasteiger partial charge in [0.05, 0.1) is 17.2 Å². The van der Waals surface area contributed by atoms with E-state index in [4.69, 9.17) is 0 Å². The molecule has 1 aromatic carbocycles. The maximum atomic E-state index is 12.7. The molecule has 0 radical (unpaired) electrons. The molecule has 3 nitrogen and oxygen atoms in total. The van der Waals surface area contributed by atoms with E-state index < -0.39 is 35.4 Å². The molecule has 1 atom stereocenters. The minimum atomic E-state index is -4.89. The van der Waals surface area contributed by atoms with Gasteiger partial charge in [0.2, 0.25) is 5.91 Å². The Morgan fingerprint density at radius 1 is 0.955 bits per heavy atom. The minimum Gasteiger partial charge on any atom is -0.353 e. The van der Waals surface area contributed by atoms with Crippen LogP contribution in [0.25, 0.3) is 0 Å². The monoisotopic (exact) mass is 326 g/mol. The molecule has 9 heteroatoms. The summed E-state index contributed by atoms with van der Waals surface area (Å²) in [5.74, 6) is -0.447. The Morgan fingerprint density at radius 3 is 1.95 bits per heavy atom. The largest absolute Gasteiger partial charge is 0.416 e. The predicted octanol–water partition coefficient (Wildman–Crippen LogP) is 2.35. The quantitative estimate of drug-likeness (QED) is 0.819. The van der Waals surface area contributed by atoms with Gasteiger partial charge in [0.25, 0.3) is 0 Å². The van der Waals surface area contributed by atoms with Gasteiger partial charge in [-0.1, -0.05) is 0 Å². The van der Waals surface area contributed by atoms with Crippen molar-refractivity contribution < 1.29 is 31.1 Å². The highest BCUT2D eigenvalue weighted by Crippen LogP contribution is 2.36. The van der Waals surface area contributed by atoms with Gasteiger partial charge in [-0.2, -0.15) is 26.3 Å². The molecular formula is C13H12F6N2O. The molecular weight excluding hydrogens is 314 g/mol. The first-order valence-corrected chi connectivity index (χ1v) is 6.37. The first-order chi connectivity index (χ1) is 10.1. The van der Waals surface area contributed by atoms with Gasteiger partial charge in [0.1, 0.15) is 0 Å². The van der Waals surface area contributed by atoms with Gasteiger partial charge in [0, 0.05) is 13.1 Å². The van der Waals surface area contributed by atoms with Crippen LogP contribution in [0.5, 0.6) is 0 Å². The lowest BCUT2D eigenvalue weighted by atomic mass is 9.98. The van der Waals surface area contributed by atoms with Crippen molar-refractivity contribution in [3.63, 3.8) is 0 Å². The predicted molar refractivity (Wildman–Crippen MR) is 65.0 cm³/mol. The zero-order valence-corrected chi connectivity index (χ0v) is 11.1. The average Bonchev–Trinajstić information content (AvgIpc) is 2.39. The number of hydrogen-bond acceptors (Lipinski definition) is 2. The number of nitrogens with one attached hydrogen (secondary N) is 2. The molecule has 1 aliphatic heterocycles. The number of halogens is 6. The molecule has 0 bridgehead atoms. The molecule has 1 amide bonds. The summed E-state index contributed by atoms with van der Waals surface area (Å²) in [4.78, 5) is 11.5. The Morgan fingerprint density at radius 2 is 1.50 bits per heavy atom. The summed E-state index contributed by atoms with van der Waals surface area (Å²) in [5.41, 5.74) is -2.96. The van der Waals surface area contributed by atoms with Gasteiger partial charge in [-0.05, 0) is 30.2 Å². The first kappa shape index (κ1) is 16.6. The molecule has 1 unspecified atom stereocenters. The normalized spacial score (nSPS) is 19.9. The van der Waals surface area contributed by atoms with E-state index in [2.05, 4.69) is 10.6 Å². The molecule has 1 aliphatic rings. The molecule has 0 aromatic heterocycles. The van der Waals surface area contributed by atoms with Gasteiger partial charge < -0.3 is 10.6 Å². The Balaban J connectivity index is 2.35. The van der Waals surface area contributed by atoms with Gasteiger partial charge in [-0.25, -0.2) is 0 Å². The summed E-state index contributed by atoms with van der Waals surface area (Å²) in [6.07, 6.45) is -10.0. The summed E-state index contributed by atoms with van der Waals surface area (Å²) >= 11 is 0. The Hall–Kier alpha value is -1.77. The topological polar surface area (TPSA) is 41.1 Å². The third-order valence-electron chi connectivity index (χ3n) is 3.22. The fourth-order valence-corrected chi connectivity index (χ4v) is 2.19. The van der Waals surface area contributed by atoms with Crippen LogP contribution in [0.4, 0.5) is 26.3 Å². The highest BCUT2D eigenvalue weighted by Gasteiger charge is 2.37. The molecule has 2 N–H and O–H groups in total. The van der Waals surface area contributed by atoms with Gasteiger partial charge in [0.15, 0.2) is 0 Å². The number of rotatable bonds is 2. The second-order valence-electron chi connectivity index (χ2n) is 4.92. The molecule has 0 aliphatic carbocycles. The Labute approximate surface area is 121 Å². The van der Waals surface area contributed by atoms with Crippen molar-refractivity contribution >= 4 is 5.91 Å². The van der Waals surface area contributed by atoms with E-state index in [1.165, 1.54) is 0 Å². The van der Waals surface area contributed by atoms with E-state index in [0.29, 0.717) is 25.2 Å². The second kappa shape index (κ2) is 5.79. The maximum Gasteiger partial charge on any atom is 0.416 e. The van der Waals surface area contributed by atoms with Gasteiger partial charge in [-0.15, -0.1) is 0 Å². The van der Waals surface area contributed by atoms with Crippen LogP contribution in [0.2, 0.25) is 0 Å². The molecule has 122 valence electrons. The third-order valence-corrected chi connectivity index (χ3v) is 3.22. The smallest absolute Gasteiger partial charge is 0.353 e. The van der Waals surface area contributed by atoms with Crippen molar-refractivity contribution in [1.29, 1.82) is 0 Å². The Bertz CT molecular complexity index is 534. The molecule has 1 aromatic rings. The SMILES string of the molecule is O=C1NCCNC1Cc1cc(C(F)(F)F)cc(C(F)(F)F)c1. The van der Waals surface area contributed by atoms with E-state index in [1.54, 1.807) is 0 Å². The summed E-state index contributed by atoms with van der Waals surface area (Å²) < 4.78 is 76.4. The van der Waals surface area contributed by atoms with Crippen molar-refractivity contribution in [3.05, 3.63) is 34.9 Å². The van der Waals surface area contributed by atoms with Crippen LogP contribution in [0.1, 0.15) is 16.7 Å². The molecule has 1 fully saturated rings. The zero-order chi connectivity index (χ0) is 16.5. The van der Waals surface area contributed by atoms with Crippen LogP contribution in [-0.4, -0.2) is 25.0 Å². The lowest BCUT2D eigenvalue weighted by molar-refractivity contribution is -0.143. The number of carbonyl (C=O) groups is 1. The van der Waals surface area contributed by atoms with Crippen molar-refractivity contribution in [2.75, 3.05) is 13.1 Å². The third kappa shape index (κ3) is 3.90. The molecule has 2 rings (SSSR count). The number of benzene rings is 1. The van der Waals surface area contributed by atoms with Crippen molar-refractivity contribution in [3.8, 4) is 0 Å². The van der Waals surface area contributed by atoms with Crippen LogP contribution in [0.3, 0.4) is 0 Å². The van der Waals surface area contributed by atoms with E-state index >= 15 is 0 Å². The number of hydrogen-bond donors (Lipinski definition) is 2. The fourth-order valence-electron chi connectivity index (χ4n) is 2.19. The van der Waals surface area contributed by atoms with Crippen LogP contribution >= 0.6 is 0 Å². The molecule has 0 spiro atoms. The number of alkyl halides is 6. The van der Waals surface area contributed by atoms with E-state index in [1.807, 2.05) is 0 Å². The van der Waals surface area contributed by atoms with Crippen LogP contribution in [0.15, 0.2) is 18.2 Å². The summed E-state index contributed by atoms with van der Waals surface area (Å²) in [6.45, 7) is 0.771. The molecule has 22 heavy (non-hydrogen) atoms. The van der Waals surface area contributed by atoms with Crippen molar-refractivity contribution in [2.45, 2.75) is 24.8 Å². The minimum absolute atomic E-state index is 0.0673. The van der Waals surface area contributed by atoms with Gasteiger partial charge >= 0.3 is 12.4 Å². The molecule has 0 saturated carbocycles. The lowest BCUT2D eigenvalue weighted by Gasteiger charge is -2.24. The van der Waals surface area contributed by atoms with Crippen LogP contribution in [0, 0.1) is 0 Å². The zero-order valence-electron chi connectivity index (χ0n) is 11.1. The average molecular weight is 326 g/mol. The standard InChI is InChI=1S/C13H12F6N2O/c14-12(15,16)8-3-7(4-9(6-8)13(17,18)19)5-10-11(22)21-2-1-20-10/h3-4,6,10,20H,1-2,5H2,(H,21,22).